The molecule has 0 radical (unpaired) electrons. The van der Waals surface area contributed by atoms with E-state index in [0.29, 0.717) is 11.7 Å². The van der Waals surface area contributed by atoms with Crippen LogP contribution in [-0.4, -0.2) is 22.1 Å². The van der Waals surface area contributed by atoms with E-state index in [2.05, 4.69) is 15.3 Å². The van der Waals surface area contributed by atoms with E-state index in [1.807, 2.05) is 19.2 Å². The highest BCUT2D eigenvalue weighted by Crippen LogP contribution is 2.40. The number of hydrogen-bond donors (Lipinski definition) is 2. The Hall–Kier alpha value is -2.10. The molecule has 2 aromatic rings. The van der Waals surface area contributed by atoms with Gasteiger partial charge in [0.15, 0.2) is 5.82 Å². The summed E-state index contributed by atoms with van der Waals surface area (Å²) >= 11 is 0. The Bertz CT molecular complexity index is 579. The van der Waals surface area contributed by atoms with Crippen LogP contribution in [0.15, 0.2) is 30.3 Å². The first-order valence-corrected chi connectivity index (χ1v) is 6.12. The number of rotatable bonds is 3. The Labute approximate surface area is 106 Å². The number of hydrogen-bond acceptors (Lipinski definition) is 4. The molecule has 1 aromatic heterocycles. The first-order chi connectivity index (χ1) is 8.76. The Morgan fingerprint density at radius 1 is 1.22 bits per heavy atom. The van der Waals surface area contributed by atoms with Crippen molar-refractivity contribution in [1.29, 1.82) is 0 Å². The molecule has 0 bridgehead atoms. The van der Waals surface area contributed by atoms with Gasteiger partial charge in [-0.25, -0.2) is 9.97 Å². The summed E-state index contributed by atoms with van der Waals surface area (Å²) in [5, 5.41) is 12.6. The maximum Gasteiger partial charge on any atom is 0.161 e. The van der Waals surface area contributed by atoms with Crippen LogP contribution in [0.1, 0.15) is 24.5 Å². The highest BCUT2D eigenvalue weighted by atomic mass is 16.3. The van der Waals surface area contributed by atoms with E-state index < -0.39 is 0 Å². The van der Waals surface area contributed by atoms with Crippen molar-refractivity contribution in [2.45, 2.75) is 18.8 Å². The van der Waals surface area contributed by atoms with Crippen molar-refractivity contribution in [1.82, 2.24) is 9.97 Å². The molecule has 3 rings (SSSR count). The third-order valence-electron chi connectivity index (χ3n) is 3.10. The zero-order chi connectivity index (χ0) is 12.5. The van der Waals surface area contributed by atoms with Gasteiger partial charge in [0.1, 0.15) is 11.6 Å². The molecule has 0 amide bonds. The number of phenolic OH excluding ortho intramolecular Hbond substituents is 1. The third-order valence-corrected chi connectivity index (χ3v) is 3.10. The van der Waals surface area contributed by atoms with Gasteiger partial charge in [0, 0.05) is 30.3 Å². The van der Waals surface area contributed by atoms with Crippen molar-refractivity contribution >= 4 is 5.82 Å². The summed E-state index contributed by atoms with van der Waals surface area (Å²) in [6, 6.07) is 9.05. The molecular formula is C14H15N3O. The Balaban J connectivity index is 2.07. The second kappa shape index (κ2) is 4.29. The molecular weight excluding hydrogens is 226 g/mol. The molecule has 1 fully saturated rings. The lowest BCUT2D eigenvalue weighted by molar-refractivity contribution is 0.475. The molecule has 1 aromatic carbocycles. The van der Waals surface area contributed by atoms with Crippen LogP contribution in [0, 0.1) is 0 Å². The molecule has 2 N–H and O–H groups in total. The van der Waals surface area contributed by atoms with Gasteiger partial charge in [0.2, 0.25) is 0 Å². The van der Waals surface area contributed by atoms with Crippen molar-refractivity contribution in [2.24, 2.45) is 0 Å². The van der Waals surface area contributed by atoms with E-state index in [1.165, 1.54) is 12.8 Å². The fourth-order valence-corrected chi connectivity index (χ4v) is 1.96. The maximum absolute atomic E-state index is 9.52. The summed E-state index contributed by atoms with van der Waals surface area (Å²) in [4.78, 5) is 9.03. The van der Waals surface area contributed by atoms with Crippen molar-refractivity contribution in [3.8, 4) is 17.1 Å². The average molecular weight is 241 g/mol. The van der Waals surface area contributed by atoms with Crippen LogP contribution < -0.4 is 5.32 Å². The summed E-state index contributed by atoms with van der Waals surface area (Å²) in [6.45, 7) is 0. The zero-order valence-corrected chi connectivity index (χ0v) is 10.2. The Morgan fingerprint density at radius 3 is 2.72 bits per heavy atom. The topological polar surface area (TPSA) is 58.0 Å². The van der Waals surface area contributed by atoms with E-state index in [0.717, 1.165) is 17.1 Å². The van der Waals surface area contributed by atoms with Crippen LogP contribution >= 0.6 is 0 Å². The van der Waals surface area contributed by atoms with Gasteiger partial charge in [-0.2, -0.15) is 0 Å². The lowest BCUT2D eigenvalue weighted by atomic mass is 10.2. The Kier molecular flexibility index (Phi) is 2.63. The molecule has 0 unspecified atom stereocenters. The van der Waals surface area contributed by atoms with Gasteiger partial charge < -0.3 is 10.4 Å². The second-order valence-electron chi connectivity index (χ2n) is 4.58. The second-order valence-corrected chi connectivity index (χ2v) is 4.58. The van der Waals surface area contributed by atoms with Gasteiger partial charge in [-0.05, 0) is 25.0 Å². The molecule has 0 saturated heterocycles. The first-order valence-electron chi connectivity index (χ1n) is 6.12. The third kappa shape index (κ3) is 2.14. The Morgan fingerprint density at radius 2 is 2.06 bits per heavy atom. The van der Waals surface area contributed by atoms with Crippen LogP contribution in [0.5, 0.6) is 5.75 Å². The molecule has 4 heteroatoms. The van der Waals surface area contributed by atoms with Gasteiger partial charge in [-0.1, -0.05) is 12.1 Å². The van der Waals surface area contributed by atoms with Crippen LogP contribution in [0.4, 0.5) is 5.82 Å². The molecule has 0 aliphatic heterocycles. The molecule has 0 atom stereocenters. The number of nitrogens with one attached hydrogen (secondary N) is 1. The predicted octanol–water partition coefficient (Wildman–Crippen LogP) is 2.77. The minimum Gasteiger partial charge on any atom is -0.508 e. The van der Waals surface area contributed by atoms with Gasteiger partial charge in [-0.15, -0.1) is 0 Å². The highest BCUT2D eigenvalue weighted by molar-refractivity contribution is 5.59. The molecule has 4 nitrogen and oxygen atoms in total. The lowest BCUT2D eigenvalue weighted by Crippen LogP contribution is -2.00. The molecule has 1 saturated carbocycles. The molecule has 0 spiro atoms. The van der Waals surface area contributed by atoms with E-state index in [-0.39, 0.29) is 5.75 Å². The van der Waals surface area contributed by atoms with Gasteiger partial charge in [-0.3, -0.25) is 0 Å². The summed E-state index contributed by atoms with van der Waals surface area (Å²) in [6.07, 6.45) is 2.42. The summed E-state index contributed by atoms with van der Waals surface area (Å²) < 4.78 is 0. The van der Waals surface area contributed by atoms with Crippen LogP contribution in [0.3, 0.4) is 0 Å². The summed E-state index contributed by atoms with van der Waals surface area (Å²) in [5.74, 6) is 2.31. The van der Waals surface area contributed by atoms with E-state index in [1.54, 1.807) is 18.2 Å². The summed E-state index contributed by atoms with van der Waals surface area (Å²) in [5.41, 5.74) is 1.93. The van der Waals surface area contributed by atoms with E-state index in [9.17, 15) is 5.11 Å². The first kappa shape index (κ1) is 11.0. The van der Waals surface area contributed by atoms with Crippen molar-refractivity contribution in [2.75, 3.05) is 12.4 Å². The lowest BCUT2D eigenvalue weighted by Gasteiger charge is -2.07. The molecule has 1 heterocycles. The number of phenols is 1. The SMILES string of the molecule is CNc1cc(C2CC2)nc(-c2cccc(O)c2)n1. The highest BCUT2D eigenvalue weighted by Gasteiger charge is 2.26. The molecule has 92 valence electrons. The maximum atomic E-state index is 9.52. The standard InChI is InChI=1S/C14H15N3O/c1-15-13-8-12(9-5-6-9)16-14(17-13)10-3-2-4-11(18)7-10/h2-4,7-9,18H,5-6H2,1H3,(H,15,16,17). The molecule has 1 aliphatic carbocycles. The van der Waals surface area contributed by atoms with E-state index in [4.69, 9.17) is 0 Å². The largest absolute Gasteiger partial charge is 0.508 e. The monoisotopic (exact) mass is 241 g/mol. The minimum absolute atomic E-state index is 0.235. The summed E-state index contributed by atoms with van der Waals surface area (Å²) in [7, 11) is 1.85. The van der Waals surface area contributed by atoms with E-state index >= 15 is 0 Å². The van der Waals surface area contributed by atoms with Gasteiger partial charge >= 0.3 is 0 Å². The van der Waals surface area contributed by atoms with Crippen molar-refractivity contribution < 1.29 is 5.11 Å². The quantitative estimate of drug-likeness (QED) is 0.867. The zero-order valence-electron chi connectivity index (χ0n) is 10.2. The fourth-order valence-electron chi connectivity index (χ4n) is 1.96. The smallest absolute Gasteiger partial charge is 0.161 e. The number of nitrogens with zero attached hydrogens (tertiary/aromatic N) is 2. The normalized spacial score (nSPS) is 14.5. The van der Waals surface area contributed by atoms with Crippen molar-refractivity contribution in [3.63, 3.8) is 0 Å². The fraction of sp³-hybridized carbons (Fsp3) is 0.286. The average Bonchev–Trinajstić information content (AvgIpc) is 3.22. The minimum atomic E-state index is 0.235. The van der Waals surface area contributed by atoms with Gasteiger partial charge in [0.05, 0.1) is 0 Å². The molecule has 18 heavy (non-hydrogen) atoms. The van der Waals surface area contributed by atoms with Crippen LogP contribution in [-0.2, 0) is 0 Å². The number of aromatic nitrogens is 2. The number of benzene rings is 1. The number of aromatic hydroxyl groups is 1. The predicted molar refractivity (Wildman–Crippen MR) is 70.7 cm³/mol. The molecule has 1 aliphatic rings. The number of anilines is 1. The van der Waals surface area contributed by atoms with Crippen molar-refractivity contribution in [3.05, 3.63) is 36.0 Å². The van der Waals surface area contributed by atoms with Crippen LogP contribution in [0.2, 0.25) is 0 Å². The van der Waals surface area contributed by atoms with Gasteiger partial charge in [0.25, 0.3) is 0 Å². The van der Waals surface area contributed by atoms with Crippen LogP contribution in [0.25, 0.3) is 11.4 Å².